The van der Waals surface area contributed by atoms with E-state index in [1.165, 1.54) is 14.2 Å². The predicted octanol–water partition coefficient (Wildman–Crippen LogP) is 1.67. The molecule has 0 fully saturated rings. The number of rotatable bonds is 7. The second-order valence-corrected chi connectivity index (χ2v) is 7.72. The lowest BCUT2D eigenvalue weighted by Crippen LogP contribution is -2.62. The summed E-state index contributed by atoms with van der Waals surface area (Å²) in [6, 6.07) is 11.9. The molecular weight excluding hydrogens is 426 g/mol. The van der Waals surface area contributed by atoms with Crippen LogP contribution in [0.25, 0.3) is 0 Å². The van der Waals surface area contributed by atoms with E-state index in [-0.39, 0.29) is 5.96 Å². The first kappa shape index (κ1) is 24.1. The number of anilines is 1. The van der Waals surface area contributed by atoms with Gasteiger partial charge in [0.2, 0.25) is 12.2 Å². The first-order valence-corrected chi connectivity index (χ1v) is 10.3. The average Bonchev–Trinajstić information content (AvgIpc) is 2.82. The number of fused-ring (bicyclic) bond motifs is 1. The monoisotopic (exact) mass is 455 g/mol. The van der Waals surface area contributed by atoms with Gasteiger partial charge in [0.1, 0.15) is 17.6 Å². The first-order valence-electron chi connectivity index (χ1n) is 10.3. The van der Waals surface area contributed by atoms with Crippen LogP contribution in [0.4, 0.5) is 5.69 Å². The van der Waals surface area contributed by atoms with E-state index in [2.05, 4.69) is 15.6 Å². The standard InChI is InChI=1S/C23H29N5O5/c1-23(21(31-3)32-4)20(29)19(17-11-15(25)7-10-18(17)33-23)28-22(27-13-24)26-12-14-5-8-16(30-2)9-6-14/h5-11,19-21,29H,12,25H2,1-4H3,(H2,26,27,28)/t19-,20+,23+/m1/s1. The number of nitrogens with two attached hydrogens (primary N) is 1. The van der Waals surface area contributed by atoms with Gasteiger partial charge >= 0.3 is 0 Å². The lowest BCUT2D eigenvalue weighted by molar-refractivity contribution is -0.238. The van der Waals surface area contributed by atoms with E-state index in [0.29, 0.717) is 23.5 Å². The summed E-state index contributed by atoms with van der Waals surface area (Å²) in [5.74, 6) is 1.42. The Morgan fingerprint density at radius 3 is 2.55 bits per heavy atom. The minimum atomic E-state index is -1.27. The van der Waals surface area contributed by atoms with E-state index in [9.17, 15) is 10.4 Å². The van der Waals surface area contributed by atoms with Crippen molar-refractivity contribution < 1.29 is 24.1 Å². The number of hydrogen-bond donors (Lipinski definition) is 4. The van der Waals surface area contributed by atoms with Crippen molar-refractivity contribution in [1.82, 2.24) is 10.6 Å². The summed E-state index contributed by atoms with van der Waals surface area (Å²) in [5.41, 5.74) is 6.79. The molecule has 5 N–H and O–H groups in total. The molecule has 0 amide bonds. The molecule has 0 unspecified atom stereocenters. The number of nitrogens with one attached hydrogen (secondary N) is 2. The van der Waals surface area contributed by atoms with E-state index in [0.717, 1.165) is 11.3 Å². The smallest absolute Gasteiger partial charge is 0.209 e. The van der Waals surface area contributed by atoms with Gasteiger partial charge in [0.25, 0.3) is 0 Å². The van der Waals surface area contributed by atoms with Crippen molar-refractivity contribution in [2.45, 2.75) is 37.5 Å². The molecule has 0 saturated heterocycles. The quantitative estimate of drug-likeness (QED) is 0.161. The third-order valence-corrected chi connectivity index (χ3v) is 5.57. The highest BCUT2D eigenvalue weighted by atomic mass is 16.7. The fraction of sp³-hybridized carbons (Fsp3) is 0.391. The van der Waals surface area contributed by atoms with Gasteiger partial charge in [-0.2, -0.15) is 5.26 Å². The van der Waals surface area contributed by atoms with E-state index in [4.69, 9.17) is 24.7 Å². The molecule has 0 bridgehead atoms. The van der Waals surface area contributed by atoms with Crippen molar-refractivity contribution in [2.24, 2.45) is 4.99 Å². The zero-order valence-corrected chi connectivity index (χ0v) is 19.0. The van der Waals surface area contributed by atoms with Gasteiger partial charge in [-0.05, 0) is 42.8 Å². The van der Waals surface area contributed by atoms with Crippen LogP contribution in [-0.2, 0) is 16.0 Å². The van der Waals surface area contributed by atoms with Crippen molar-refractivity contribution >= 4 is 11.6 Å². The van der Waals surface area contributed by atoms with E-state index >= 15 is 0 Å². The number of aliphatic imine (C=N–C) groups is 1. The molecule has 0 radical (unpaired) electrons. The summed E-state index contributed by atoms with van der Waals surface area (Å²) in [5, 5.41) is 26.8. The maximum Gasteiger partial charge on any atom is 0.209 e. The summed E-state index contributed by atoms with van der Waals surface area (Å²) < 4.78 is 22.1. The number of aliphatic hydroxyl groups is 1. The second kappa shape index (κ2) is 10.4. The first-order chi connectivity index (χ1) is 15.9. The minimum absolute atomic E-state index is 0.182. The fourth-order valence-corrected chi connectivity index (χ4v) is 3.86. The summed E-state index contributed by atoms with van der Waals surface area (Å²) >= 11 is 0. The van der Waals surface area contributed by atoms with Crippen LogP contribution in [0.1, 0.15) is 24.1 Å². The predicted molar refractivity (Wildman–Crippen MR) is 122 cm³/mol. The maximum atomic E-state index is 11.4. The Labute approximate surface area is 192 Å². The van der Waals surface area contributed by atoms with E-state index < -0.39 is 24.0 Å². The van der Waals surface area contributed by atoms with Crippen LogP contribution in [0.2, 0.25) is 0 Å². The maximum absolute atomic E-state index is 11.4. The van der Waals surface area contributed by atoms with Crippen LogP contribution in [0.5, 0.6) is 11.5 Å². The van der Waals surface area contributed by atoms with Gasteiger partial charge in [0, 0.05) is 32.0 Å². The van der Waals surface area contributed by atoms with Crippen LogP contribution in [0.3, 0.4) is 0 Å². The molecule has 176 valence electrons. The molecular formula is C23H29N5O5. The average molecular weight is 456 g/mol. The highest BCUT2D eigenvalue weighted by Crippen LogP contribution is 2.43. The molecule has 3 rings (SSSR count). The van der Waals surface area contributed by atoms with Crippen molar-refractivity contribution in [1.29, 1.82) is 5.26 Å². The Balaban J connectivity index is 1.89. The molecule has 2 aromatic rings. The Morgan fingerprint density at radius 2 is 1.94 bits per heavy atom. The van der Waals surface area contributed by atoms with Gasteiger partial charge in [-0.3, -0.25) is 0 Å². The number of methoxy groups -OCH3 is 3. The third-order valence-electron chi connectivity index (χ3n) is 5.57. The van der Waals surface area contributed by atoms with Crippen LogP contribution >= 0.6 is 0 Å². The molecule has 2 aromatic carbocycles. The zero-order chi connectivity index (χ0) is 24.0. The molecule has 0 aliphatic carbocycles. The number of hydrogen-bond acceptors (Lipinski definition) is 8. The second-order valence-electron chi connectivity index (χ2n) is 7.72. The topological polar surface area (TPSA) is 143 Å². The van der Waals surface area contributed by atoms with Gasteiger partial charge in [-0.25, -0.2) is 0 Å². The number of guanidine groups is 1. The Hall–Kier alpha value is -3.52. The van der Waals surface area contributed by atoms with Gasteiger partial charge in [-0.15, -0.1) is 4.99 Å². The number of ether oxygens (including phenoxy) is 4. The zero-order valence-electron chi connectivity index (χ0n) is 19.0. The van der Waals surface area contributed by atoms with Gasteiger partial charge in [-0.1, -0.05) is 12.1 Å². The molecule has 10 heteroatoms. The molecule has 0 spiro atoms. The molecule has 33 heavy (non-hydrogen) atoms. The van der Waals surface area contributed by atoms with E-state index in [1.54, 1.807) is 38.4 Å². The number of benzene rings is 2. The lowest BCUT2D eigenvalue weighted by atomic mass is 9.84. The summed E-state index contributed by atoms with van der Waals surface area (Å²) in [6.45, 7) is 2.08. The minimum Gasteiger partial charge on any atom is -0.497 e. The van der Waals surface area contributed by atoms with Crippen LogP contribution in [0.15, 0.2) is 47.5 Å². The lowest BCUT2D eigenvalue weighted by Gasteiger charge is -2.46. The SMILES string of the molecule is COc1ccc(CNC(=NC#N)N[C@@H]2c3cc(N)ccc3O[C@](C)(C(OC)OC)[C@H]2O)cc1. The van der Waals surface area contributed by atoms with Crippen LogP contribution in [-0.4, -0.2) is 50.4 Å². The fourth-order valence-electron chi connectivity index (χ4n) is 3.86. The normalized spacial score (nSPS) is 22.2. The number of aliphatic hydroxyl groups excluding tert-OH is 1. The molecule has 0 saturated carbocycles. The molecule has 0 aromatic heterocycles. The summed E-state index contributed by atoms with van der Waals surface area (Å²) in [7, 11) is 4.54. The van der Waals surface area contributed by atoms with Crippen molar-refractivity contribution in [3.05, 3.63) is 53.6 Å². The van der Waals surface area contributed by atoms with Gasteiger partial charge in [0.05, 0.1) is 13.2 Å². The largest absolute Gasteiger partial charge is 0.497 e. The number of nitrogen functional groups attached to an aromatic ring is 1. The Kier molecular flexibility index (Phi) is 7.60. The van der Waals surface area contributed by atoms with E-state index in [1.807, 2.05) is 24.3 Å². The van der Waals surface area contributed by atoms with Crippen LogP contribution in [0, 0.1) is 11.5 Å². The van der Waals surface area contributed by atoms with Crippen LogP contribution < -0.4 is 25.8 Å². The Bertz CT molecular complexity index is 1020. The molecule has 10 nitrogen and oxygen atoms in total. The van der Waals surface area contributed by atoms with Gasteiger partial charge < -0.3 is 40.4 Å². The molecule has 1 heterocycles. The summed E-state index contributed by atoms with van der Waals surface area (Å²) in [6.07, 6.45) is -0.235. The van der Waals surface area contributed by atoms with Crippen molar-refractivity contribution in [2.75, 3.05) is 27.1 Å². The van der Waals surface area contributed by atoms with Crippen molar-refractivity contribution in [3.8, 4) is 17.7 Å². The number of nitriles is 1. The Morgan fingerprint density at radius 1 is 1.24 bits per heavy atom. The third kappa shape index (κ3) is 5.12. The van der Waals surface area contributed by atoms with Crippen molar-refractivity contribution in [3.63, 3.8) is 0 Å². The highest BCUT2D eigenvalue weighted by Gasteiger charge is 2.52. The highest BCUT2D eigenvalue weighted by molar-refractivity contribution is 5.81. The number of nitrogens with zero attached hydrogens (tertiary/aromatic N) is 2. The molecule has 3 atom stereocenters. The van der Waals surface area contributed by atoms with Gasteiger partial charge in [0.15, 0.2) is 11.9 Å². The molecule has 1 aliphatic heterocycles. The molecule has 1 aliphatic rings. The summed E-state index contributed by atoms with van der Waals surface area (Å²) in [4.78, 5) is 3.86.